The molecule has 0 spiro atoms. The van der Waals surface area contributed by atoms with Gasteiger partial charge in [0, 0.05) is 11.6 Å². The van der Waals surface area contributed by atoms with E-state index in [1.807, 2.05) is 0 Å². The molecule has 112 valence electrons. The maximum Gasteiger partial charge on any atom is 0.240 e. The third kappa shape index (κ3) is 3.52. The minimum absolute atomic E-state index is 0.0457. The van der Waals surface area contributed by atoms with E-state index in [9.17, 15) is 16.8 Å². The van der Waals surface area contributed by atoms with E-state index >= 15 is 0 Å². The first kappa shape index (κ1) is 15.8. The van der Waals surface area contributed by atoms with Crippen molar-refractivity contribution in [1.29, 1.82) is 0 Å². The van der Waals surface area contributed by atoms with Gasteiger partial charge in [0.15, 0.2) is 9.84 Å². The molecule has 1 unspecified atom stereocenters. The van der Waals surface area contributed by atoms with Crippen LogP contribution in [0.4, 0.5) is 0 Å². The van der Waals surface area contributed by atoms with Crippen molar-refractivity contribution in [2.75, 3.05) is 18.1 Å². The van der Waals surface area contributed by atoms with Crippen molar-refractivity contribution in [2.24, 2.45) is 5.92 Å². The minimum atomic E-state index is -3.67. The van der Waals surface area contributed by atoms with Gasteiger partial charge < -0.3 is 0 Å². The van der Waals surface area contributed by atoms with Crippen molar-refractivity contribution < 1.29 is 16.8 Å². The average molecular weight is 338 g/mol. The summed E-state index contributed by atoms with van der Waals surface area (Å²) < 4.78 is 49.6. The molecule has 0 bridgehead atoms. The van der Waals surface area contributed by atoms with Gasteiger partial charge in [-0.15, -0.1) is 0 Å². The number of rotatable bonds is 4. The van der Waals surface area contributed by atoms with Crippen LogP contribution >= 0.6 is 11.6 Å². The molecule has 2 rings (SSSR count). The molecule has 1 fully saturated rings. The van der Waals surface area contributed by atoms with Crippen molar-refractivity contribution in [2.45, 2.75) is 18.2 Å². The Bertz CT molecular complexity index is 713. The Morgan fingerprint density at radius 1 is 1.40 bits per heavy atom. The molecule has 8 heteroatoms. The molecule has 1 aromatic carbocycles. The highest BCUT2D eigenvalue weighted by molar-refractivity contribution is 7.91. The third-order valence-corrected chi connectivity index (χ3v) is 7.21. The SMILES string of the molecule is Cc1c(Cl)cccc1S(=O)(=O)NCC1CCS(=O)(=O)C1. The molecule has 0 aromatic heterocycles. The Hall–Kier alpha value is -0.630. The van der Waals surface area contributed by atoms with Gasteiger partial charge >= 0.3 is 0 Å². The highest BCUT2D eigenvalue weighted by atomic mass is 35.5. The molecule has 0 amide bonds. The second-order valence-corrected chi connectivity index (χ2v) is 9.36. The van der Waals surface area contributed by atoms with Crippen LogP contribution in [-0.2, 0) is 19.9 Å². The zero-order chi connectivity index (χ0) is 15.0. The van der Waals surface area contributed by atoms with Crippen LogP contribution in [0.3, 0.4) is 0 Å². The lowest BCUT2D eigenvalue weighted by atomic mass is 10.1. The summed E-state index contributed by atoms with van der Waals surface area (Å²) >= 11 is 5.91. The van der Waals surface area contributed by atoms with Crippen LogP contribution in [0.15, 0.2) is 23.1 Å². The second-order valence-electron chi connectivity index (χ2n) is 4.98. The summed E-state index contributed by atoms with van der Waals surface area (Å²) in [6.45, 7) is 1.77. The van der Waals surface area contributed by atoms with Crippen LogP contribution in [0.5, 0.6) is 0 Å². The Labute approximate surface area is 124 Å². The molecule has 1 heterocycles. The van der Waals surface area contributed by atoms with E-state index in [1.54, 1.807) is 19.1 Å². The summed E-state index contributed by atoms with van der Waals surface area (Å²) in [7, 11) is -6.67. The number of sulfonamides is 1. The largest absolute Gasteiger partial charge is 0.240 e. The summed E-state index contributed by atoms with van der Waals surface area (Å²) in [5.74, 6) is 0.0221. The topological polar surface area (TPSA) is 80.3 Å². The first-order valence-corrected chi connectivity index (χ1v) is 9.85. The molecule has 1 aromatic rings. The first-order valence-electron chi connectivity index (χ1n) is 6.16. The van der Waals surface area contributed by atoms with Gasteiger partial charge in [0.05, 0.1) is 16.4 Å². The molecule has 0 saturated carbocycles. The van der Waals surface area contributed by atoms with E-state index in [4.69, 9.17) is 11.6 Å². The maximum atomic E-state index is 12.2. The van der Waals surface area contributed by atoms with Crippen LogP contribution < -0.4 is 4.72 Å². The van der Waals surface area contributed by atoms with Gasteiger partial charge in [-0.3, -0.25) is 0 Å². The summed E-state index contributed by atoms with van der Waals surface area (Å²) in [5, 5.41) is 0.385. The van der Waals surface area contributed by atoms with Gasteiger partial charge in [0.2, 0.25) is 10.0 Å². The molecular weight excluding hydrogens is 322 g/mol. The second kappa shape index (κ2) is 5.63. The Kier molecular flexibility index (Phi) is 4.44. The maximum absolute atomic E-state index is 12.2. The van der Waals surface area contributed by atoms with Crippen LogP contribution in [0.25, 0.3) is 0 Å². The van der Waals surface area contributed by atoms with Crippen molar-refractivity contribution in [3.8, 4) is 0 Å². The van der Waals surface area contributed by atoms with E-state index in [0.29, 0.717) is 17.0 Å². The Morgan fingerprint density at radius 3 is 2.70 bits per heavy atom. The first-order chi connectivity index (χ1) is 9.21. The van der Waals surface area contributed by atoms with Crippen molar-refractivity contribution >= 4 is 31.5 Å². The summed E-state index contributed by atoms with van der Waals surface area (Å²) in [6.07, 6.45) is 0.499. The number of hydrogen-bond donors (Lipinski definition) is 1. The van der Waals surface area contributed by atoms with E-state index in [0.717, 1.165) is 0 Å². The molecule has 1 atom stereocenters. The Morgan fingerprint density at radius 2 is 2.10 bits per heavy atom. The molecule has 5 nitrogen and oxygen atoms in total. The number of halogens is 1. The highest BCUT2D eigenvalue weighted by Gasteiger charge is 2.29. The lowest BCUT2D eigenvalue weighted by Crippen LogP contribution is -2.30. The monoisotopic (exact) mass is 337 g/mol. The minimum Gasteiger partial charge on any atom is -0.229 e. The van der Waals surface area contributed by atoms with Gasteiger partial charge in [-0.1, -0.05) is 17.7 Å². The molecule has 0 aliphatic carbocycles. The predicted octanol–water partition coefficient (Wildman–Crippen LogP) is 1.36. The molecule has 1 N–H and O–H groups in total. The third-order valence-electron chi connectivity index (χ3n) is 3.40. The van der Waals surface area contributed by atoms with Gasteiger partial charge in [0.25, 0.3) is 0 Å². The molecule has 20 heavy (non-hydrogen) atoms. The number of hydrogen-bond acceptors (Lipinski definition) is 4. The standard InChI is InChI=1S/C12H16ClNO4S2/c1-9-11(13)3-2-4-12(9)20(17,18)14-7-10-5-6-19(15,16)8-10/h2-4,10,14H,5-8H2,1H3. The van der Waals surface area contributed by atoms with Gasteiger partial charge in [-0.2, -0.15) is 0 Å². The fourth-order valence-electron chi connectivity index (χ4n) is 2.22. The van der Waals surface area contributed by atoms with E-state index < -0.39 is 19.9 Å². The molecule has 1 aliphatic heterocycles. The molecule has 1 aliphatic rings. The quantitative estimate of drug-likeness (QED) is 0.899. The highest BCUT2D eigenvalue weighted by Crippen LogP contribution is 2.23. The van der Waals surface area contributed by atoms with E-state index in [-0.39, 0.29) is 28.9 Å². The van der Waals surface area contributed by atoms with Crippen molar-refractivity contribution in [1.82, 2.24) is 4.72 Å². The normalized spacial score (nSPS) is 22.0. The Balaban J connectivity index is 2.11. The number of sulfone groups is 1. The smallest absolute Gasteiger partial charge is 0.229 e. The fraction of sp³-hybridized carbons (Fsp3) is 0.500. The molecule has 1 saturated heterocycles. The van der Waals surface area contributed by atoms with E-state index in [2.05, 4.69) is 4.72 Å². The number of nitrogens with one attached hydrogen (secondary N) is 1. The summed E-state index contributed by atoms with van der Waals surface area (Å²) in [6, 6.07) is 4.68. The average Bonchev–Trinajstić information content (AvgIpc) is 2.70. The summed E-state index contributed by atoms with van der Waals surface area (Å²) in [5.41, 5.74) is 0.487. The van der Waals surface area contributed by atoms with Crippen molar-refractivity contribution in [3.05, 3.63) is 28.8 Å². The lowest BCUT2D eigenvalue weighted by Gasteiger charge is -2.12. The van der Waals surface area contributed by atoms with Gasteiger partial charge in [-0.05, 0) is 37.0 Å². The predicted molar refractivity (Wildman–Crippen MR) is 78.1 cm³/mol. The van der Waals surface area contributed by atoms with Gasteiger partial charge in [0.1, 0.15) is 0 Å². The lowest BCUT2D eigenvalue weighted by molar-refractivity contribution is 0.543. The summed E-state index contributed by atoms with van der Waals surface area (Å²) in [4.78, 5) is 0.130. The zero-order valence-corrected chi connectivity index (χ0v) is 13.4. The van der Waals surface area contributed by atoms with E-state index in [1.165, 1.54) is 6.07 Å². The van der Waals surface area contributed by atoms with Crippen LogP contribution in [0.2, 0.25) is 5.02 Å². The fourth-order valence-corrected chi connectivity index (χ4v) is 5.69. The van der Waals surface area contributed by atoms with Crippen LogP contribution in [-0.4, -0.2) is 34.9 Å². The molecule has 0 radical (unpaired) electrons. The number of benzene rings is 1. The van der Waals surface area contributed by atoms with Gasteiger partial charge in [-0.25, -0.2) is 21.6 Å². The zero-order valence-electron chi connectivity index (χ0n) is 11.0. The molecular formula is C12H16ClNO4S2. The van der Waals surface area contributed by atoms with Crippen LogP contribution in [0, 0.1) is 12.8 Å². The van der Waals surface area contributed by atoms with Crippen LogP contribution in [0.1, 0.15) is 12.0 Å². The van der Waals surface area contributed by atoms with Crippen molar-refractivity contribution in [3.63, 3.8) is 0 Å².